The summed E-state index contributed by atoms with van der Waals surface area (Å²) in [5.74, 6) is 0.121. The van der Waals surface area contributed by atoms with Crippen LogP contribution in [0.2, 0.25) is 0 Å². The van der Waals surface area contributed by atoms with Gasteiger partial charge in [0.05, 0.1) is 18.6 Å². The summed E-state index contributed by atoms with van der Waals surface area (Å²) < 4.78 is 4.93. The Kier molecular flexibility index (Phi) is 3.91. The highest BCUT2D eigenvalue weighted by Crippen LogP contribution is 2.07. The number of amides is 1. The molecule has 0 saturated carbocycles. The van der Waals surface area contributed by atoms with Crippen molar-refractivity contribution in [3.8, 4) is 0 Å². The number of nitrogens with zero attached hydrogens (tertiary/aromatic N) is 1. The second-order valence-electron chi connectivity index (χ2n) is 4.10. The third kappa shape index (κ3) is 3.09. The molecule has 0 bridgehead atoms. The first-order chi connectivity index (χ1) is 7.02. The van der Waals surface area contributed by atoms with Crippen molar-refractivity contribution in [3.63, 3.8) is 0 Å². The molecule has 84 valence electrons. The van der Waals surface area contributed by atoms with Gasteiger partial charge in [-0.3, -0.25) is 4.79 Å². The summed E-state index contributed by atoms with van der Waals surface area (Å²) in [6.07, 6.45) is 3.22. The fourth-order valence-electron chi connectivity index (χ4n) is 1.27. The van der Waals surface area contributed by atoms with E-state index in [1.165, 1.54) is 0 Å². The molecular weight excluding hydrogens is 192 g/mol. The Morgan fingerprint density at radius 2 is 2.27 bits per heavy atom. The minimum atomic E-state index is -0.429. The monoisotopic (exact) mass is 210 g/mol. The molecule has 15 heavy (non-hydrogen) atoms. The van der Waals surface area contributed by atoms with Crippen LogP contribution in [0.5, 0.6) is 0 Å². The van der Waals surface area contributed by atoms with Crippen molar-refractivity contribution in [2.75, 3.05) is 7.05 Å². The van der Waals surface area contributed by atoms with Crippen molar-refractivity contribution in [2.24, 2.45) is 11.7 Å². The Labute approximate surface area is 90.0 Å². The lowest BCUT2D eigenvalue weighted by Gasteiger charge is -2.22. The van der Waals surface area contributed by atoms with Crippen LogP contribution in [0.1, 0.15) is 19.4 Å². The molecule has 0 aliphatic heterocycles. The predicted octanol–water partition coefficient (Wildman–Crippen LogP) is 1.22. The molecule has 0 aliphatic rings. The largest absolute Gasteiger partial charge is 0.472 e. The van der Waals surface area contributed by atoms with Crippen LogP contribution in [0.15, 0.2) is 23.0 Å². The van der Waals surface area contributed by atoms with E-state index < -0.39 is 6.04 Å². The van der Waals surface area contributed by atoms with Crippen molar-refractivity contribution in [2.45, 2.75) is 26.4 Å². The van der Waals surface area contributed by atoms with Crippen molar-refractivity contribution in [1.82, 2.24) is 4.90 Å². The molecule has 0 aliphatic carbocycles. The fourth-order valence-corrected chi connectivity index (χ4v) is 1.27. The maximum absolute atomic E-state index is 11.8. The number of hydrogen-bond acceptors (Lipinski definition) is 3. The van der Waals surface area contributed by atoms with Gasteiger partial charge in [-0.1, -0.05) is 13.8 Å². The minimum absolute atomic E-state index is 0.0359. The van der Waals surface area contributed by atoms with Gasteiger partial charge in [0.2, 0.25) is 5.91 Å². The first-order valence-electron chi connectivity index (χ1n) is 5.04. The van der Waals surface area contributed by atoms with Crippen molar-refractivity contribution < 1.29 is 9.21 Å². The Bertz CT molecular complexity index is 306. The van der Waals surface area contributed by atoms with Crippen molar-refractivity contribution in [3.05, 3.63) is 24.2 Å². The van der Waals surface area contributed by atoms with E-state index in [-0.39, 0.29) is 11.8 Å². The van der Waals surface area contributed by atoms with E-state index in [4.69, 9.17) is 10.2 Å². The average molecular weight is 210 g/mol. The number of hydrogen-bond donors (Lipinski definition) is 1. The average Bonchev–Trinajstić information content (AvgIpc) is 2.67. The zero-order valence-corrected chi connectivity index (χ0v) is 9.43. The molecule has 1 heterocycles. The van der Waals surface area contributed by atoms with E-state index in [1.54, 1.807) is 24.5 Å². The third-order valence-electron chi connectivity index (χ3n) is 2.38. The van der Waals surface area contributed by atoms with Crippen LogP contribution in [-0.2, 0) is 11.3 Å². The number of likely N-dealkylation sites (N-methyl/N-ethyl adjacent to an activating group) is 1. The van der Waals surface area contributed by atoms with E-state index in [0.717, 1.165) is 5.56 Å². The number of carbonyl (C=O) groups excluding carboxylic acids is 1. The lowest BCUT2D eigenvalue weighted by atomic mass is 10.0. The van der Waals surface area contributed by atoms with E-state index in [9.17, 15) is 4.79 Å². The van der Waals surface area contributed by atoms with Gasteiger partial charge >= 0.3 is 0 Å². The van der Waals surface area contributed by atoms with Crippen LogP contribution in [0.4, 0.5) is 0 Å². The number of nitrogens with two attached hydrogens (primary N) is 1. The van der Waals surface area contributed by atoms with Crippen LogP contribution in [0.3, 0.4) is 0 Å². The number of rotatable bonds is 4. The molecule has 0 aromatic carbocycles. The van der Waals surface area contributed by atoms with Crippen molar-refractivity contribution in [1.29, 1.82) is 0 Å². The Hall–Kier alpha value is -1.29. The zero-order chi connectivity index (χ0) is 11.4. The molecule has 4 heteroatoms. The predicted molar refractivity (Wildman–Crippen MR) is 58.0 cm³/mol. The minimum Gasteiger partial charge on any atom is -0.472 e. The van der Waals surface area contributed by atoms with Crippen molar-refractivity contribution >= 4 is 5.91 Å². The van der Waals surface area contributed by atoms with Gasteiger partial charge in [-0.05, 0) is 12.0 Å². The van der Waals surface area contributed by atoms with Gasteiger partial charge in [0.1, 0.15) is 0 Å². The SMILES string of the molecule is CC(C)[C@@H](N)C(=O)N(C)Cc1ccoc1. The van der Waals surface area contributed by atoms with E-state index in [1.807, 2.05) is 19.9 Å². The smallest absolute Gasteiger partial charge is 0.239 e. The highest BCUT2D eigenvalue weighted by Gasteiger charge is 2.21. The summed E-state index contributed by atoms with van der Waals surface area (Å²) in [6.45, 7) is 4.41. The van der Waals surface area contributed by atoms with Gasteiger partial charge in [-0.2, -0.15) is 0 Å². The maximum Gasteiger partial charge on any atom is 0.239 e. The topological polar surface area (TPSA) is 59.5 Å². The lowest BCUT2D eigenvalue weighted by Crippen LogP contribution is -2.44. The molecule has 2 N–H and O–H groups in total. The Morgan fingerprint density at radius 3 is 2.73 bits per heavy atom. The zero-order valence-electron chi connectivity index (χ0n) is 9.43. The normalized spacial score (nSPS) is 12.9. The van der Waals surface area contributed by atoms with Crippen LogP contribution in [0.25, 0.3) is 0 Å². The quantitative estimate of drug-likeness (QED) is 0.813. The highest BCUT2D eigenvalue weighted by atomic mass is 16.3. The molecule has 1 aromatic rings. The molecule has 1 amide bonds. The van der Waals surface area contributed by atoms with E-state index in [2.05, 4.69) is 0 Å². The second kappa shape index (κ2) is 4.98. The summed E-state index contributed by atoms with van der Waals surface area (Å²) in [4.78, 5) is 13.4. The van der Waals surface area contributed by atoms with Crippen LogP contribution >= 0.6 is 0 Å². The van der Waals surface area contributed by atoms with Gasteiger partial charge in [-0.15, -0.1) is 0 Å². The Morgan fingerprint density at radius 1 is 1.60 bits per heavy atom. The molecule has 1 aromatic heterocycles. The number of furan rings is 1. The van der Waals surface area contributed by atoms with Gasteiger partial charge in [0, 0.05) is 19.2 Å². The summed E-state index contributed by atoms with van der Waals surface area (Å²) in [5, 5.41) is 0. The molecule has 0 radical (unpaired) electrons. The van der Waals surface area contributed by atoms with Gasteiger partial charge in [0.15, 0.2) is 0 Å². The summed E-state index contributed by atoms with van der Waals surface area (Å²) >= 11 is 0. The summed E-state index contributed by atoms with van der Waals surface area (Å²) in [6, 6.07) is 1.41. The summed E-state index contributed by atoms with van der Waals surface area (Å²) in [7, 11) is 1.75. The summed E-state index contributed by atoms with van der Waals surface area (Å²) in [5.41, 5.74) is 6.75. The molecule has 0 spiro atoms. The molecule has 1 rings (SSSR count). The molecule has 4 nitrogen and oxygen atoms in total. The third-order valence-corrected chi connectivity index (χ3v) is 2.38. The van der Waals surface area contributed by atoms with Gasteiger partial charge in [-0.25, -0.2) is 0 Å². The molecular formula is C11H18N2O2. The van der Waals surface area contributed by atoms with Crippen LogP contribution in [0, 0.1) is 5.92 Å². The van der Waals surface area contributed by atoms with Gasteiger partial charge < -0.3 is 15.1 Å². The molecule has 0 saturated heterocycles. The van der Waals surface area contributed by atoms with Crippen LogP contribution in [-0.4, -0.2) is 23.9 Å². The Balaban J connectivity index is 2.54. The maximum atomic E-state index is 11.8. The first kappa shape index (κ1) is 11.8. The molecule has 1 atom stereocenters. The first-order valence-corrected chi connectivity index (χ1v) is 5.04. The number of carbonyl (C=O) groups is 1. The lowest BCUT2D eigenvalue weighted by molar-refractivity contribution is -0.132. The molecule has 0 unspecified atom stereocenters. The fraction of sp³-hybridized carbons (Fsp3) is 0.545. The molecule has 0 fully saturated rings. The van der Waals surface area contributed by atoms with Crippen LogP contribution < -0.4 is 5.73 Å². The standard InChI is InChI=1S/C11H18N2O2/c1-8(2)10(12)11(14)13(3)6-9-4-5-15-7-9/h4-5,7-8,10H,6,12H2,1-3H3/t10-/m1/s1. The highest BCUT2D eigenvalue weighted by molar-refractivity contribution is 5.81. The van der Waals surface area contributed by atoms with E-state index >= 15 is 0 Å². The second-order valence-corrected chi connectivity index (χ2v) is 4.10. The van der Waals surface area contributed by atoms with E-state index in [0.29, 0.717) is 6.54 Å². The van der Waals surface area contributed by atoms with Gasteiger partial charge in [0.25, 0.3) is 0 Å².